The normalized spacial score (nSPS) is 19.0. The monoisotopic (exact) mass is 292 g/mol. The first-order chi connectivity index (χ1) is 10.0. The van der Waals surface area contributed by atoms with E-state index in [-0.39, 0.29) is 12.0 Å². The largest absolute Gasteiger partial charge is 0.491 e. The number of aliphatic carboxylic acids is 1. The van der Waals surface area contributed by atoms with Crippen molar-refractivity contribution >= 4 is 12.0 Å². The summed E-state index contributed by atoms with van der Waals surface area (Å²) in [7, 11) is 0. The summed E-state index contributed by atoms with van der Waals surface area (Å²) in [6.45, 7) is 4.04. The summed E-state index contributed by atoms with van der Waals surface area (Å²) in [5.74, 6) is -0.414. The number of amides is 2. The van der Waals surface area contributed by atoms with Crippen molar-refractivity contribution in [3.63, 3.8) is 0 Å². The molecule has 1 heterocycles. The van der Waals surface area contributed by atoms with Gasteiger partial charge in [-0.25, -0.2) is 9.59 Å². The molecule has 6 nitrogen and oxygen atoms in total. The number of urea groups is 1. The van der Waals surface area contributed by atoms with Crippen molar-refractivity contribution in [2.24, 2.45) is 5.92 Å². The molecule has 0 fully saturated rings. The van der Waals surface area contributed by atoms with Gasteiger partial charge in [0.1, 0.15) is 18.4 Å². The molecule has 114 valence electrons. The Hall–Kier alpha value is -2.24. The number of benzene rings is 1. The van der Waals surface area contributed by atoms with Gasteiger partial charge in [-0.05, 0) is 12.0 Å². The lowest BCUT2D eigenvalue weighted by Crippen LogP contribution is -2.50. The molecule has 1 aromatic rings. The molecular formula is C15H20N2O4. The first-order valence-corrected chi connectivity index (χ1v) is 7.04. The molecule has 0 aliphatic carbocycles. The molecule has 2 amide bonds. The van der Waals surface area contributed by atoms with Crippen LogP contribution in [-0.4, -0.2) is 29.8 Å². The zero-order valence-corrected chi connectivity index (χ0v) is 12.1. The average molecular weight is 292 g/mol. The Kier molecular flexibility index (Phi) is 4.67. The van der Waals surface area contributed by atoms with E-state index in [0.717, 1.165) is 11.3 Å². The summed E-state index contributed by atoms with van der Waals surface area (Å²) in [6, 6.07) is 5.82. The molecule has 0 radical (unpaired) electrons. The second-order valence-corrected chi connectivity index (χ2v) is 5.22. The SMILES string of the molecule is CCC(C)[C@H](NC(=O)NC1COc2ccccc21)C(=O)O. The van der Waals surface area contributed by atoms with Crippen LogP contribution in [0.4, 0.5) is 4.79 Å². The molecule has 0 saturated carbocycles. The Balaban J connectivity index is 1.98. The topological polar surface area (TPSA) is 87.7 Å². The molecule has 3 atom stereocenters. The Morgan fingerprint density at radius 2 is 2.14 bits per heavy atom. The minimum absolute atomic E-state index is 0.139. The van der Waals surface area contributed by atoms with Gasteiger partial charge in [-0.3, -0.25) is 0 Å². The maximum Gasteiger partial charge on any atom is 0.326 e. The molecule has 0 aromatic heterocycles. The van der Waals surface area contributed by atoms with Gasteiger partial charge in [0.2, 0.25) is 0 Å². The predicted octanol–water partition coefficient (Wildman–Crippen LogP) is 1.92. The van der Waals surface area contributed by atoms with E-state index >= 15 is 0 Å². The van der Waals surface area contributed by atoms with Crippen molar-refractivity contribution in [3.05, 3.63) is 29.8 Å². The highest BCUT2D eigenvalue weighted by Gasteiger charge is 2.29. The van der Waals surface area contributed by atoms with E-state index in [2.05, 4.69) is 10.6 Å². The summed E-state index contributed by atoms with van der Waals surface area (Å²) < 4.78 is 5.47. The van der Waals surface area contributed by atoms with Crippen LogP contribution in [-0.2, 0) is 4.79 Å². The Labute approximate surface area is 123 Å². The van der Waals surface area contributed by atoms with Crippen LogP contribution in [0.25, 0.3) is 0 Å². The third-order valence-electron chi connectivity index (χ3n) is 3.77. The fourth-order valence-corrected chi connectivity index (χ4v) is 2.31. The van der Waals surface area contributed by atoms with Crippen LogP contribution in [0.2, 0.25) is 0 Å². The maximum atomic E-state index is 12.0. The molecule has 2 rings (SSSR count). The van der Waals surface area contributed by atoms with Gasteiger partial charge < -0.3 is 20.5 Å². The van der Waals surface area contributed by atoms with Crippen molar-refractivity contribution in [1.82, 2.24) is 10.6 Å². The van der Waals surface area contributed by atoms with Gasteiger partial charge in [-0.1, -0.05) is 38.5 Å². The molecule has 0 spiro atoms. The highest BCUT2D eigenvalue weighted by Crippen LogP contribution is 2.31. The van der Waals surface area contributed by atoms with Crippen LogP contribution in [0.3, 0.4) is 0 Å². The number of hydrogen-bond donors (Lipinski definition) is 3. The lowest BCUT2D eigenvalue weighted by molar-refractivity contribution is -0.140. The Bertz CT molecular complexity index is 532. The number of nitrogens with one attached hydrogen (secondary N) is 2. The molecule has 1 aliphatic heterocycles. The van der Waals surface area contributed by atoms with E-state index in [1.165, 1.54) is 0 Å². The number of carbonyl (C=O) groups excluding carboxylic acids is 1. The molecule has 0 bridgehead atoms. The lowest BCUT2D eigenvalue weighted by atomic mass is 9.99. The molecule has 0 saturated heterocycles. The van der Waals surface area contributed by atoms with Crippen molar-refractivity contribution in [2.75, 3.05) is 6.61 Å². The van der Waals surface area contributed by atoms with Crippen molar-refractivity contribution in [1.29, 1.82) is 0 Å². The van der Waals surface area contributed by atoms with Crippen molar-refractivity contribution in [2.45, 2.75) is 32.4 Å². The standard InChI is InChI=1S/C15H20N2O4/c1-3-9(2)13(14(18)19)17-15(20)16-11-8-21-12-7-5-4-6-10(11)12/h4-7,9,11,13H,3,8H2,1-2H3,(H,18,19)(H2,16,17,20)/t9?,11?,13-/m0/s1. The highest BCUT2D eigenvalue weighted by atomic mass is 16.5. The second-order valence-electron chi connectivity index (χ2n) is 5.22. The van der Waals surface area contributed by atoms with E-state index in [0.29, 0.717) is 13.0 Å². The first kappa shape index (κ1) is 15.2. The smallest absolute Gasteiger partial charge is 0.326 e. The second kappa shape index (κ2) is 6.47. The molecule has 1 aromatic carbocycles. The summed E-state index contributed by atoms with van der Waals surface area (Å²) in [5.41, 5.74) is 0.906. The molecule has 1 aliphatic rings. The molecule has 6 heteroatoms. The van der Waals surface area contributed by atoms with Crippen LogP contribution in [0, 0.1) is 5.92 Å². The highest BCUT2D eigenvalue weighted by molar-refractivity contribution is 5.83. The Morgan fingerprint density at radius 1 is 1.43 bits per heavy atom. The lowest BCUT2D eigenvalue weighted by Gasteiger charge is -2.21. The fraction of sp³-hybridized carbons (Fsp3) is 0.467. The minimum Gasteiger partial charge on any atom is -0.491 e. The minimum atomic E-state index is -1.03. The number of fused-ring (bicyclic) bond motifs is 1. The number of rotatable bonds is 5. The summed E-state index contributed by atoms with van der Waals surface area (Å²) in [6.07, 6.45) is 0.673. The Morgan fingerprint density at radius 3 is 2.81 bits per heavy atom. The van der Waals surface area contributed by atoms with Crippen LogP contribution in [0.1, 0.15) is 31.9 Å². The van der Waals surface area contributed by atoms with Gasteiger partial charge in [0.25, 0.3) is 0 Å². The number of para-hydroxylation sites is 1. The molecular weight excluding hydrogens is 272 g/mol. The van der Waals surface area contributed by atoms with Crippen LogP contribution in [0.15, 0.2) is 24.3 Å². The summed E-state index contributed by atoms with van der Waals surface area (Å²) >= 11 is 0. The third-order valence-corrected chi connectivity index (χ3v) is 3.77. The summed E-state index contributed by atoms with van der Waals surface area (Å²) in [5, 5.41) is 14.5. The molecule has 2 unspecified atom stereocenters. The van der Waals surface area contributed by atoms with Gasteiger partial charge in [-0.2, -0.15) is 0 Å². The van der Waals surface area contributed by atoms with Crippen molar-refractivity contribution < 1.29 is 19.4 Å². The first-order valence-electron chi connectivity index (χ1n) is 7.04. The van der Waals surface area contributed by atoms with E-state index in [4.69, 9.17) is 4.74 Å². The quantitative estimate of drug-likeness (QED) is 0.773. The number of ether oxygens (including phenoxy) is 1. The predicted molar refractivity (Wildman–Crippen MR) is 77.2 cm³/mol. The van der Waals surface area contributed by atoms with Gasteiger partial charge in [0, 0.05) is 5.56 Å². The van der Waals surface area contributed by atoms with Crippen LogP contribution in [0.5, 0.6) is 5.75 Å². The number of carboxylic acids is 1. The van der Waals surface area contributed by atoms with Crippen LogP contribution < -0.4 is 15.4 Å². The van der Waals surface area contributed by atoms with Gasteiger partial charge in [-0.15, -0.1) is 0 Å². The number of hydrogen-bond acceptors (Lipinski definition) is 3. The fourth-order valence-electron chi connectivity index (χ4n) is 2.31. The van der Waals surface area contributed by atoms with E-state index < -0.39 is 18.0 Å². The van der Waals surface area contributed by atoms with Gasteiger partial charge in [0.05, 0.1) is 6.04 Å². The summed E-state index contributed by atoms with van der Waals surface area (Å²) in [4.78, 5) is 23.2. The van der Waals surface area contributed by atoms with Crippen molar-refractivity contribution in [3.8, 4) is 5.75 Å². The van der Waals surface area contributed by atoms with E-state index in [1.54, 1.807) is 6.92 Å². The third kappa shape index (κ3) is 3.45. The van der Waals surface area contributed by atoms with E-state index in [9.17, 15) is 14.7 Å². The number of carboxylic acid groups (broad SMARTS) is 1. The zero-order valence-electron chi connectivity index (χ0n) is 12.1. The van der Waals surface area contributed by atoms with Crippen LogP contribution >= 0.6 is 0 Å². The van der Waals surface area contributed by atoms with Gasteiger partial charge in [0.15, 0.2) is 0 Å². The average Bonchev–Trinajstić information content (AvgIpc) is 2.87. The zero-order chi connectivity index (χ0) is 15.4. The molecule has 3 N–H and O–H groups in total. The molecule has 21 heavy (non-hydrogen) atoms. The van der Waals surface area contributed by atoms with E-state index in [1.807, 2.05) is 31.2 Å². The van der Waals surface area contributed by atoms with Gasteiger partial charge >= 0.3 is 12.0 Å². The number of carbonyl (C=O) groups is 2. The maximum absolute atomic E-state index is 12.0.